The molecule has 2 fully saturated rings. The van der Waals surface area contributed by atoms with Crippen molar-refractivity contribution in [3.63, 3.8) is 0 Å². The molecule has 1 atom stereocenters. The molecule has 1 N–H and O–H groups in total. The molecule has 232 valence electrons. The Morgan fingerprint density at radius 3 is 2.30 bits per heavy atom. The maximum absolute atomic E-state index is 14.8. The van der Waals surface area contributed by atoms with Crippen molar-refractivity contribution in [1.82, 2.24) is 10.2 Å². The van der Waals surface area contributed by atoms with E-state index in [1.54, 1.807) is 12.1 Å². The second-order valence-corrected chi connectivity index (χ2v) is 13.3. The fourth-order valence-corrected chi connectivity index (χ4v) is 6.86. The second kappa shape index (κ2) is 11.5. The van der Waals surface area contributed by atoms with Gasteiger partial charge in [0.1, 0.15) is 11.4 Å². The SMILES string of the molecule is COc1c(F)cc(C2=NC3(CCC(C(C)(C)C)CC3)N([C@@H](c3ccc(C(=O)NCC4=NCN=N4)cc3)C3CC3)C2=O)cc1F. The summed E-state index contributed by atoms with van der Waals surface area (Å²) in [6.07, 6.45) is 5.00. The molecule has 2 aliphatic carbocycles. The maximum atomic E-state index is 14.8. The zero-order valence-corrected chi connectivity index (χ0v) is 25.6. The Bertz CT molecular complexity index is 1530. The van der Waals surface area contributed by atoms with E-state index < -0.39 is 23.0 Å². The van der Waals surface area contributed by atoms with Gasteiger partial charge in [0.25, 0.3) is 11.8 Å². The molecule has 2 aliphatic heterocycles. The number of ether oxygens (including phenoxy) is 1. The first-order valence-corrected chi connectivity index (χ1v) is 15.3. The Morgan fingerprint density at radius 2 is 1.75 bits per heavy atom. The summed E-state index contributed by atoms with van der Waals surface area (Å²) >= 11 is 0. The largest absolute Gasteiger partial charge is 0.491 e. The van der Waals surface area contributed by atoms with Crippen LogP contribution in [0.25, 0.3) is 0 Å². The van der Waals surface area contributed by atoms with Crippen molar-refractivity contribution in [2.24, 2.45) is 37.5 Å². The molecule has 6 rings (SSSR count). The average molecular weight is 605 g/mol. The van der Waals surface area contributed by atoms with E-state index >= 15 is 0 Å². The minimum Gasteiger partial charge on any atom is -0.491 e. The van der Waals surface area contributed by atoms with Crippen molar-refractivity contribution in [3.8, 4) is 5.75 Å². The van der Waals surface area contributed by atoms with E-state index in [1.807, 2.05) is 17.0 Å². The van der Waals surface area contributed by atoms with Gasteiger partial charge in [0.2, 0.25) is 0 Å². The number of azo groups is 1. The molecule has 2 aromatic carbocycles. The number of aliphatic imine (C=N–C) groups is 2. The first-order chi connectivity index (χ1) is 21.0. The normalized spacial score (nSPS) is 24.0. The van der Waals surface area contributed by atoms with Crippen molar-refractivity contribution in [3.05, 3.63) is 64.7 Å². The van der Waals surface area contributed by atoms with E-state index in [-0.39, 0.29) is 53.7 Å². The fourth-order valence-electron chi connectivity index (χ4n) is 6.86. The molecule has 4 aliphatic rings. The predicted molar refractivity (Wildman–Crippen MR) is 162 cm³/mol. The molecule has 0 bridgehead atoms. The minimum atomic E-state index is -0.877. The monoisotopic (exact) mass is 604 g/mol. The summed E-state index contributed by atoms with van der Waals surface area (Å²) in [4.78, 5) is 38.2. The molecular weight excluding hydrogens is 566 g/mol. The van der Waals surface area contributed by atoms with Gasteiger partial charge in [-0.3, -0.25) is 14.6 Å². The zero-order chi connectivity index (χ0) is 31.2. The number of nitrogens with one attached hydrogen (secondary N) is 1. The Labute approximate surface area is 255 Å². The van der Waals surface area contributed by atoms with E-state index in [4.69, 9.17) is 9.73 Å². The molecule has 11 heteroatoms. The number of amidine groups is 1. The van der Waals surface area contributed by atoms with Crippen LogP contribution in [0.2, 0.25) is 0 Å². The van der Waals surface area contributed by atoms with Gasteiger partial charge in [-0.25, -0.2) is 13.8 Å². The third-order valence-electron chi connectivity index (χ3n) is 9.45. The summed E-state index contributed by atoms with van der Waals surface area (Å²) < 4.78 is 34.5. The summed E-state index contributed by atoms with van der Waals surface area (Å²) in [7, 11) is 1.20. The predicted octanol–water partition coefficient (Wildman–Crippen LogP) is 6.24. The molecule has 2 saturated carbocycles. The first-order valence-electron chi connectivity index (χ1n) is 15.3. The molecule has 1 spiro atoms. The molecule has 9 nitrogen and oxygen atoms in total. The third-order valence-corrected chi connectivity index (χ3v) is 9.45. The summed E-state index contributed by atoms with van der Waals surface area (Å²) in [5, 5.41) is 10.5. The molecule has 0 radical (unpaired) electrons. The number of amides is 2. The van der Waals surface area contributed by atoms with E-state index in [0.717, 1.165) is 43.4 Å². The van der Waals surface area contributed by atoms with E-state index in [9.17, 15) is 18.4 Å². The highest BCUT2D eigenvalue weighted by Crippen LogP contribution is 2.54. The Hall–Kier alpha value is -4.02. The van der Waals surface area contributed by atoms with Crippen LogP contribution in [-0.4, -0.2) is 54.2 Å². The molecule has 0 saturated heterocycles. The smallest absolute Gasteiger partial charge is 0.275 e. The van der Waals surface area contributed by atoms with Crippen molar-refractivity contribution < 1.29 is 23.1 Å². The van der Waals surface area contributed by atoms with Gasteiger partial charge in [-0.1, -0.05) is 32.9 Å². The number of methoxy groups -OCH3 is 1. The van der Waals surface area contributed by atoms with Crippen molar-refractivity contribution >= 4 is 23.4 Å². The van der Waals surface area contributed by atoms with Gasteiger partial charge in [-0.05, 0) is 85.6 Å². The molecule has 2 aromatic rings. The average Bonchev–Trinajstić information content (AvgIpc) is 3.62. The minimum absolute atomic E-state index is 0.0771. The van der Waals surface area contributed by atoms with Crippen LogP contribution in [-0.2, 0) is 4.79 Å². The highest BCUT2D eigenvalue weighted by Gasteiger charge is 2.55. The lowest BCUT2D eigenvalue weighted by atomic mass is 9.69. The van der Waals surface area contributed by atoms with Gasteiger partial charge in [0, 0.05) is 11.1 Å². The van der Waals surface area contributed by atoms with Crippen LogP contribution in [0, 0.1) is 28.9 Å². The lowest BCUT2D eigenvalue weighted by Gasteiger charge is -2.47. The number of hydrogen-bond acceptors (Lipinski definition) is 7. The molecule has 0 unspecified atom stereocenters. The fraction of sp³-hybridized carbons (Fsp3) is 0.515. The quantitative estimate of drug-likeness (QED) is 0.385. The maximum Gasteiger partial charge on any atom is 0.275 e. The number of nitrogens with zero attached hydrogens (tertiary/aromatic N) is 5. The van der Waals surface area contributed by atoms with Crippen LogP contribution in [0.4, 0.5) is 8.78 Å². The van der Waals surface area contributed by atoms with Crippen LogP contribution in [0.1, 0.15) is 86.8 Å². The van der Waals surface area contributed by atoms with Crippen LogP contribution < -0.4 is 10.1 Å². The molecule has 44 heavy (non-hydrogen) atoms. The van der Waals surface area contributed by atoms with Crippen molar-refractivity contribution in [1.29, 1.82) is 0 Å². The Morgan fingerprint density at radius 1 is 1.09 bits per heavy atom. The Kier molecular flexibility index (Phi) is 7.83. The number of carbonyl (C=O) groups excluding carboxylic acids is 2. The number of halogens is 2. The van der Waals surface area contributed by atoms with E-state index in [2.05, 4.69) is 41.3 Å². The first kappa shape index (κ1) is 30.0. The topological polar surface area (TPSA) is 108 Å². The highest BCUT2D eigenvalue weighted by molar-refractivity contribution is 6.46. The van der Waals surface area contributed by atoms with Crippen molar-refractivity contribution in [2.75, 3.05) is 20.3 Å². The standard InChI is InChI=1S/C33H38F2N6O3/c1-32(2,3)23-11-13-33(14-12-23)39-27(22-15-24(34)29(44-4)25(35)16-22)31(43)41(33)28(19-5-6-19)20-7-9-21(10-8-20)30(42)36-17-26-37-18-38-40-26/h7-10,15-16,19,23,28H,5-6,11-14,17-18H2,1-4H3,(H,36,42)/t23?,28-,33?/m1/s1. The molecule has 2 amide bonds. The van der Waals surface area contributed by atoms with Gasteiger partial charge >= 0.3 is 0 Å². The molecule has 2 heterocycles. The van der Waals surface area contributed by atoms with Crippen molar-refractivity contribution in [2.45, 2.75) is 71.0 Å². The molecule has 0 aromatic heterocycles. The third kappa shape index (κ3) is 5.64. The van der Waals surface area contributed by atoms with E-state index in [0.29, 0.717) is 30.2 Å². The van der Waals surface area contributed by atoms with Gasteiger partial charge in [-0.15, -0.1) is 5.11 Å². The van der Waals surface area contributed by atoms with Crippen LogP contribution in [0.3, 0.4) is 0 Å². The van der Waals surface area contributed by atoms with Gasteiger partial charge in [0.15, 0.2) is 29.9 Å². The lowest BCUT2D eigenvalue weighted by molar-refractivity contribution is -0.134. The van der Waals surface area contributed by atoms with Gasteiger partial charge in [0.05, 0.1) is 19.7 Å². The van der Waals surface area contributed by atoms with E-state index in [1.165, 1.54) is 7.11 Å². The Balaban J connectivity index is 1.33. The zero-order valence-electron chi connectivity index (χ0n) is 25.6. The number of benzene rings is 2. The van der Waals surface area contributed by atoms with Gasteiger partial charge in [-0.2, -0.15) is 5.11 Å². The summed E-state index contributed by atoms with van der Waals surface area (Å²) in [5.41, 5.74) is 0.872. The number of hydrogen-bond donors (Lipinski definition) is 1. The van der Waals surface area contributed by atoms with Gasteiger partial charge < -0.3 is 15.0 Å². The number of carbonyl (C=O) groups is 2. The van der Waals surface area contributed by atoms with Crippen LogP contribution >= 0.6 is 0 Å². The molecular formula is C33H38F2N6O3. The summed E-state index contributed by atoms with van der Waals surface area (Å²) in [5.74, 6) is -1.65. The summed E-state index contributed by atoms with van der Waals surface area (Å²) in [6.45, 7) is 7.19. The van der Waals surface area contributed by atoms with Crippen LogP contribution in [0.15, 0.2) is 56.6 Å². The highest BCUT2D eigenvalue weighted by atomic mass is 19.1. The van der Waals surface area contributed by atoms with Crippen LogP contribution in [0.5, 0.6) is 5.75 Å². The summed E-state index contributed by atoms with van der Waals surface area (Å²) in [6, 6.07) is 9.31. The number of rotatable bonds is 8. The lowest BCUT2D eigenvalue weighted by Crippen LogP contribution is -2.52. The second-order valence-electron chi connectivity index (χ2n) is 13.3.